The van der Waals surface area contributed by atoms with E-state index in [-0.39, 0.29) is 6.61 Å². The number of methoxy groups -OCH3 is 1. The Morgan fingerprint density at radius 3 is 2.59 bits per heavy atom. The molecule has 1 aromatic carbocycles. The Labute approximate surface area is 201 Å². The molecule has 0 saturated carbocycles. The first-order valence-electron chi connectivity index (χ1n) is 10.3. The number of rotatable bonds is 8. The fourth-order valence-corrected chi connectivity index (χ4v) is 3.29. The Kier molecular flexibility index (Phi) is 6.98. The Morgan fingerprint density at radius 1 is 1.15 bits per heavy atom. The van der Waals surface area contributed by atoms with Gasteiger partial charge >= 0.3 is 0 Å². The Bertz CT molecular complexity index is 1310. The Hall–Kier alpha value is -4.05. The van der Waals surface area contributed by atoms with E-state index in [2.05, 4.69) is 37.2 Å². The molecule has 0 N–H and O–H groups in total. The van der Waals surface area contributed by atoms with E-state index in [9.17, 15) is 0 Å². The zero-order valence-corrected chi connectivity index (χ0v) is 19.8. The van der Waals surface area contributed by atoms with Gasteiger partial charge in [0.25, 0.3) is 0 Å². The predicted octanol–water partition coefficient (Wildman–Crippen LogP) is 3.45. The van der Waals surface area contributed by atoms with Gasteiger partial charge < -0.3 is 9.47 Å². The van der Waals surface area contributed by atoms with Crippen molar-refractivity contribution in [3.05, 3.63) is 88.6 Å². The largest absolute Gasteiger partial charge is 0.480 e. The minimum Gasteiger partial charge on any atom is -0.480 e. The van der Waals surface area contributed by atoms with Gasteiger partial charge in [0.15, 0.2) is 0 Å². The Morgan fingerprint density at radius 2 is 1.94 bits per heavy atom. The van der Waals surface area contributed by atoms with Crippen molar-refractivity contribution in [3.63, 3.8) is 0 Å². The summed E-state index contributed by atoms with van der Waals surface area (Å²) in [6.45, 7) is 6.78. The van der Waals surface area contributed by atoms with Gasteiger partial charge in [0, 0.05) is 19.3 Å². The maximum atomic E-state index is 5.89. The molecule has 0 aliphatic heterocycles. The van der Waals surface area contributed by atoms with E-state index in [1.165, 1.54) is 6.20 Å². The quantitative estimate of drug-likeness (QED) is 0.282. The van der Waals surface area contributed by atoms with Crippen LogP contribution in [0.3, 0.4) is 0 Å². The van der Waals surface area contributed by atoms with Crippen molar-refractivity contribution >= 4 is 23.2 Å². The molecule has 34 heavy (non-hydrogen) atoms. The molecular weight excluding hydrogens is 456 g/mol. The maximum absolute atomic E-state index is 5.89. The molecule has 0 aliphatic rings. The second-order valence-electron chi connectivity index (χ2n) is 7.38. The number of ether oxygens (including phenoxy) is 2. The molecule has 0 amide bonds. The molecule has 4 aromatic rings. The smallest absolute Gasteiger partial charge is 0.224 e. The molecule has 0 saturated heterocycles. The van der Waals surface area contributed by atoms with Crippen LogP contribution in [0.2, 0.25) is 5.02 Å². The molecule has 3 aromatic heterocycles. The molecule has 0 fully saturated rings. The summed E-state index contributed by atoms with van der Waals surface area (Å²) in [6.07, 6.45) is 3.21. The summed E-state index contributed by atoms with van der Waals surface area (Å²) < 4.78 is 14.8. The lowest BCUT2D eigenvalue weighted by Gasteiger charge is -2.10. The monoisotopic (exact) mass is 478 g/mol. The van der Waals surface area contributed by atoms with E-state index in [1.807, 2.05) is 38.2 Å². The van der Waals surface area contributed by atoms with Crippen LogP contribution in [0, 0.1) is 6.92 Å². The molecule has 0 aliphatic carbocycles. The number of halogens is 1. The van der Waals surface area contributed by atoms with Crippen LogP contribution in [0.1, 0.15) is 28.2 Å². The highest BCUT2D eigenvalue weighted by atomic mass is 35.5. The van der Waals surface area contributed by atoms with Crippen LogP contribution in [-0.2, 0) is 24.9 Å². The third kappa shape index (κ3) is 5.29. The molecule has 174 valence electrons. The van der Waals surface area contributed by atoms with Crippen LogP contribution in [-0.4, -0.2) is 48.0 Å². The summed E-state index contributed by atoms with van der Waals surface area (Å²) in [6, 6.07) is 11.3. The van der Waals surface area contributed by atoms with E-state index < -0.39 is 0 Å². The first-order valence-corrected chi connectivity index (χ1v) is 10.7. The minimum absolute atomic E-state index is 0.223. The molecule has 0 radical (unpaired) electrons. The van der Waals surface area contributed by atoms with Crippen molar-refractivity contribution in [2.24, 2.45) is 12.0 Å². The van der Waals surface area contributed by atoms with E-state index in [1.54, 1.807) is 34.8 Å². The Balaban J connectivity index is 1.50. The average Bonchev–Trinajstić information content (AvgIpc) is 3.42. The first-order chi connectivity index (χ1) is 16.4. The fourth-order valence-electron chi connectivity index (χ4n) is 3.18. The number of aromatic nitrogens is 7. The van der Waals surface area contributed by atoms with E-state index >= 15 is 0 Å². The zero-order chi connectivity index (χ0) is 24.1. The van der Waals surface area contributed by atoms with Crippen LogP contribution in [0.4, 0.5) is 0 Å². The number of tetrazole rings is 1. The van der Waals surface area contributed by atoms with Gasteiger partial charge in [-0.2, -0.15) is 5.10 Å². The molecule has 3 heterocycles. The number of hydrogen-bond acceptors (Lipinski definition) is 8. The lowest BCUT2D eigenvalue weighted by molar-refractivity contribution is 0.282. The van der Waals surface area contributed by atoms with Gasteiger partial charge in [-0.1, -0.05) is 42.4 Å². The van der Waals surface area contributed by atoms with Gasteiger partial charge in [-0.3, -0.25) is 4.68 Å². The SMILES string of the molecule is C=C(N=C(OC)c1cnn(C)c1COc1ccc(Cl)cn1)c1ccc(Cn2nnnc2C)cc1. The number of aryl methyl sites for hydroxylation is 2. The molecule has 0 spiro atoms. The first kappa shape index (κ1) is 23.1. The number of benzene rings is 1. The van der Waals surface area contributed by atoms with Crippen LogP contribution >= 0.6 is 11.6 Å². The fraction of sp³-hybridized carbons (Fsp3) is 0.217. The molecule has 0 unspecified atom stereocenters. The van der Waals surface area contributed by atoms with Crippen molar-refractivity contribution in [2.45, 2.75) is 20.1 Å². The summed E-state index contributed by atoms with van der Waals surface area (Å²) in [7, 11) is 3.38. The maximum Gasteiger partial charge on any atom is 0.224 e. The second-order valence-corrected chi connectivity index (χ2v) is 7.82. The van der Waals surface area contributed by atoms with Crippen LogP contribution in [0.15, 0.2) is 60.4 Å². The predicted molar refractivity (Wildman–Crippen MR) is 127 cm³/mol. The van der Waals surface area contributed by atoms with E-state index in [0.717, 1.165) is 22.6 Å². The van der Waals surface area contributed by atoms with Gasteiger partial charge in [0.2, 0.25) is 11.8 Å². The zero-order valence-electron chi connectivity index (χ0n) is 19.0. The van der Waals surface area contributed by atoms with Crippen molar-refractivity contribution in [1.29, 1.82) is 0 Å². The highest BCUT2D eigenvalue weighted by Gasteiger charge is 2.17. The number of hydrogen-bond donors (Lipinski definition) is 0. The average molecular weight is 479 g/mol. The van der Waals surface area contributed by atoms with Gasteiger partial charge in [-0.05, 0) is 34.5 Å². The van der Waals surface area contributed by atoms with Crippen molar-refractivity contribution in [3.8, 4) is 5.88 Å². The van der Waals surface area contributed by atoms with Gasteiger partial charge in [0.1, 0.15) is 12.4 Å². The number of nitrogens with zero attached hydrogens (tertiary/aromatic N) is 8. The van der Waals surface area contributed by atoms with Crippen LogP contribution in [0.25, 0.3) is 5.70 Å². The van der Waals surface area contributed by atoms with Crippen LogP contribution in [0.5, 0.6) is 5.88 Å². The van der Waals surface area contributed by atoms with Crippen molar-refractivity contribution in [1.82, 2.24) is 35.0 Å². The molecule has 0 atom stereocenters. The second kappa shape index (κ2) is 10.3. The minimum atomic E-state index is 0.223. The van der Waals surface area contributed by atoms with E-state index in [4.69, 9.17) is 21.1 Å². The molecular formula is C23H23ClN8O2. The van der Waals surface area contributed by atoms with Gasteiger partial charge in [-0.25, -0.2) is 14.7 Å². The van der Waals surface area contributed by atoms with Crippen molar-refractivity contribution < 1.29 is 9.47 Å². The third-order valence-corrected chi connectivity index (χ3v) is 5.33. The van der Waals surface area contributed by atoms with Gasteiger partial charge in [-0.15, -0.1) is 5.10 Å². The number of aliphatic imine (C=N–C) groups is 1. The summed E-state index contributed by atoms with van der Waals surface area (Å²) >= 11 is 5.89. The summed E-state index contributed by atoms with van der Waals surface area (Å²) in [5.74, 6) is 1.59. The molecule has 4 rings (SSSR count). The normalized spacial score (nSPS) is 11.5. The van der Waals surface area contributed by atoms with E-state index in [0.29, 0.717) is 34.6 Å². The lowest BCUT2D eigenvalue weighted by atomic mass is 10.1. The third-order valence-electron chi connectivity index (χ3n) is 5.11. The highest BCUT2D eigenvalue weighted by molar-refractivity contribution is 6.30. The van der Waals surface area contributed by atoms with Crippen molar-refractivity contribution in [2.75, 3.05) is 7.11 Å². The highest BCUT2D eigenvalue weighted by Crippen LogP contribution is 2.20. The van der Waals surface area contributed by atoms with Gasteiger partial charge in [0.05, 0.1) is 41.8 Å². The standard InChI is InChI=1S/C23H23ClN8O2/c1-15(18-7-5-17(6-8-18)13-32-16(2)28-29-30-32)27-23(33-4)20-12-26-31(3)21(20)14-34-22-10-9-19(24)11-25-22/h5-12H,1,13-14H2,2-4H3. The molecule has 0 bridgehead atoms. The summed E-state index contributed by atoms with van der Waals surface area (Å²) in [4.78, 5) is 8.77. The molecule has 11 heteroatoms. The number of pyridine rings is 1. The topological polar surface area (TPSA) is 105 Å². The summed E-state index contributed by atoms with van der Waals surface area (Å²) in [5, 5.41) is 16.4. The molecule has 10 nitrogen and oxygen atoms in total. The summed E-state index contributed by atoms with van der Waals surface area (Å²) in [5.41, 5.74) is 3.95. The lowest BCUT2D eigenvalue weighted by Crippen LogP contribution is -2.11. The van der Waals surface area contributed by atoms with Crippen LogP contribution < -0.4 is 4.74 Å².